The van der Waals surface area contributed by atoms with Crippen LogP contribution >= 0.6 is 0 Å². The third-order valence-corrected chi connectivity index (χ3v) is 4.64. The second kappa shape index (κ2) is 27.5. The van der Waals surface area contributed by atoms with E-state index in [4.69, 9.17) is 33.2 Å². The molecule has 0 aromatic rings. The van der Waals surface area contributed by atoms with Crippen molar-refractivity contribution in [3.05, 3.63) is 0 Å². The predicted molar refractivity (Wildman–Crippen MR) is 129 cm³/mol. The van der Waals surface area contributed by atoms with E-state index in [9.17, 15) is 4.79 Å². The average molecular weight is 479 g/mol. The Balaban J connectivity index is 3.12. The van der Waals surface area contributed by atoms with Crippen LogP contribution in [0.4, 0.5) is 0 Å². The maximum absolute atomic E-state index is 11.6. The first-order valence-electron chi connectivity index (χ1n) is 12.8. The molecule has 0 bridgehead atoms. The Bertz CT molecular complexity index is 393. The van der Waals surface area contributed by atoms with Gasteiger partial charge in [-0.1, -0.05) is 45.4 Å². The van der Waals surface area contributed by atoms with Crippen molar-refractivity contribution in [2.45, 2.75) is 78.2 Å². The molecule has 198 valence electrons. The summed E-state index contributed by atoms with van der Waals surface area (Å²) in [5.74, 6) is -0.131. The van der Waals surface area contributed by atoms with Gasteiger partial charge in [0.1, 0.15) is 6.61 Å². The highest BCUT2D eigenvalue weighted by atomic mass is 16.6. The molecule has 0 unspecified atom stereocenters. The van der Waals surface area contributed by atoms with Crippen LogP contribution in [0, 0.1) is 0 Å². The lowest BCUT2D eigenvalue weighted by Crippen LogP contribution is -2.15. The zero-order valence-electron chi connectivity index (χ0n) is 21.5. The van der Waals surface area contributed by atoms with Crippen molar-refractivity contribution in [1.29, 1.82) is 0 Å². The molecule has 0 N–H and O–H groups in total. The highest BCUT2D eigenvalue weighted by molar-refractivity contribution is 5.69. The van der Waals surface area contributed by atoms with Gasteiger partial charge in [0.2, 0.25) is 0 Å². The second-order valence-corrected chi connectivity index (χ2v) is 8.07. The molecular formula is C25H50O8. The lowest BCUT2D eigenvalue weighted by atomic mass is 10.1. The van der Waals surface area contributed by atoms with E-state index in [1.807, 2.05) is 13.8 Å². The first-order valence-corrected chi connectivity index (χ1v) is 12.8. The number of rotatable bonds is 27. The maximum atomic E-state index is 11.6. The van der Waals surface area contributed by atoms with Gasteiger partial charge in [-0.3, -0.25) is 4.79 Å². The van der Waals surface area contributed by atoms with Crippen molar-refractivity contribution in [2.75, 3.05) is 79.3 Å². The van der Waals surface area contributed by atoms with E-state index in [0.717, 1.165) is 12.8 Å². The lowest BCUT2D eigenvalue weighted by Gasteiger charge is -2.09. The Labute approximate surface area is 201 Å². The summed E-state index contributed by atoms with van der Waals surface area (Å²) in [6, 6.07) is 0. The molecule has 0 aromatic heterocycles. The van der Waals surface area contributed by atoms with Crippen molar-refractivity contribution in [3.63, 3.8) is 0 Å². The Morgan fingerprint density at radius 2 is 0.939 bits per heavy atom. The van der Waals surface area contributed by atoms with Crippen LogP contribution in [0.25, 0.3) is 0 Å². The van der Waals surface area contributed by atoms with Gasteiger partial charge in [0, 0.05) is 6.42 Å². The van der Waals surface area contributed by atoms with Gasteiger partial charge in [-0.2, -0.15) is 0 Å². The van der Waals surface area contributed by atoms with Crippen LogP contribution in [0.1, 0.15) is 72.1 Å². The minimum atomic E-state index is -0.131. The lowest BCUT2D eigenvalue weighted by molar-refractivity contribution is -0.145. The highest BCUT2D eigenvalue weighted by Gasteiger charge is 2.02. The smallest absolute Gasteiger partial charge is 0.305 e. The van der Waals surface area contributed by atoms with E-state index in [2.05, 4.69) is 6.92 Å². The summed E-state index contributed by atoms with van der Waals surface area (Å²) in [5.41, 5.74) is 0. The summed E-state index contributed by atoms with van der Waals surface area (Å²) >= 11 is 0. The van der Waals surface area contributed by atoms with E-state index < -0.39 is 0 Å². The molecule has 0 saturated carbocycles. The maximum Gasteiger partial charge on any atom is 0.305 e. The van der Waals surface area contributed by atoms with Crippen LogP contribution < -0.4 is 0 Å². The zero-order valence-corrected chi connectivity index (χ0v) is 21.5. The van der Waals surface area contributed by atoms with E-state index in [-0.39, 0.29) is 12.1 Å². The topological polar surface area (TPSA) is 81.7 Å². The molecular weight excluding hydrogens is 428 g/mol. The number of esters is 1. The fraction of sp³-hybridized carbons (Fsp3) is 0.960. The second-order valence-electron chi connectivity index (χ2n) is 8.07. The normalized spacial score (nSPS) is 11.4. The van der Waals surface area contributed by atoms with E-state index in [1.165, 1.54) is 32.1 Å². The first-order chi connectivity index (χ1) is 16.2. The van der Waals surface area contributed by atoms with Crippen molar-refractivity contribution in [2.24, 2.45) is 0 Å². The molecule has 0 aromatic carbocycles. The van der Waals surface area contributed by atoms with Gasteiger partial charge < -0.3 is 33.2 Å². The molecule has 0 atom stereocenters. The van der Waals surface area contributed by atoms with Crippen LogP contribution in [0.5, 0.6) is 0 Å². The van der Waals surface area contributed by atoms with Gasteiger partial charge in [-0.25, -0.2) is 0 Å². The van der Waals surface area contributed by atoms with Crippen LogP contribution in [0.2, 0.25) is 0 Å². The van der Waals surface area contributed by atoms with E-state index in [0.29, 0.717) is 85.7 Å². The van der Waals surface area contributed by atoms with Gasteiger partial charge in [-0.05, 0) is 20.3 Å². The molecule has 0 fully saturated rings. The molecule has 0 aliphatic carbocycles. The Morgan fingerprint density at radius 1 is 0.545 bits per heavy atom. The number of carbonyl (C=O) groups excluding carboxylic acids is 1. The summed E-state index contributed by atoms with van der Waals surface area (Å²) in [6.45, 7) is 12.3. The standard InChI is InChI=1S/C25H50O8/c1-4-5-6-7-8-9-10-11-25(26)33-23-21-31-19-17-29-15-13-27-12-14-28-16-18-30-20-22-32-24(2)3/h24H,4-23H2,1-3H3. The van der Waals surface area contributed by atoms with Crippen molar-refractivity contribution in [1.82, 2.24) is 0 Å². The molecule has 0 spiro atoms. The third kappa shape index (κ3) is 29.2. The van der Waals surface area contributed by atoms with Crippen molar-refractivity contribution in [3.8, 4) is 0 Å². The largest absolute Gasteiger partial charge is 0.463 e. The summed E-state index contributed by atoms with van der Waals surface area (Å²) < 4.78 is 37.6. The van der Waals surface area contributed by atoms with Crippen LogP contribution in [0.15, 0.2) is 0 Å². The third-order valence-electron chi connectivity index (χ3n) is 4.64. The van der Waals surface area contributed by atoms with E-state index in [1.54, 1.807) is 0 Å². The number of carbonyl (C=O) groups is 1. The fourth-order valence-corrected chi connectivity index (χ4v) is 2.84. The van der Waals surface area contributed by atoms with Crippen LogP contribution in [-0.2, 0) is 38.0 Å². The molecule has 0 saturated heterocycles. The Hall–Kier alpha value is -0.770. The summed E-state index contributed by atoms with van der Waals surface area (Å²) in [5, 5.41) is 0. The predicted octanol–water partition coefficient (Wildman–Crippen LogP) is 4.18. The average Bonchev–Trinajstić information content (AvgIpc) is 2.79. The summed E-state index contributed by atoms with van der Waals surface area (Å²) in [4.78, 5) is 11.6. The highest BCUT2D eigenvalue weighted by Crippen LogP contribution is 2.08. The SMILES string of the molecule is CCCCCCCCCC(=O)OCCOCCOCCOCCOCCOCCOC(C)C. The number of ether oxygens (including phenoxy) is 7. The van der Waals surface area contributed by atoms with Gasteiger partial charge in [0.05, 0.1) is 78.8 Å². The minimum absolute atomic E-state index is 0.131. The molecule has 0 heterocycles. The Kier molecular flexibility index (Phi) is 26.8. The Morgan fingerprint density at radius 3 is 1.39 bits per heavy atom. The van der Waals surface area contributed by atoms with Gasteiger partial charge in [-0.15, -0.1) is 0 Å². The van der Waals surface area contributed by atoms with Crippen LogP contribution in [0.3, 0.4) is 0 Å². The van der Waals surface area contributed by atoms with E-state index >= 15 is 0 Å². The van der Waals surface area contributed by atoms with Gasteiger partial charge in [0.15, 0.2) is 0 Å². The van der Waals surface area contributed by atoms with Gasteiger partial charge >= 0.3 is 5.97 Å². The van der Waals surface area contributed by atoms with Gasteiger partial charge in [0.25, 0.3) is 0 Å². The summed E-state index contributed by atoms with van der Waals surface area (Å²) in [6.07, 6.45) is 9.11. The number of hydrogen-bond donors (Lipinski definition) is 0. The fourth-order valence-electron chi connectivity index (χ4n) is 2.84. The quantitative estimate of drug-likeness (QED) is 0.128. The first kappa shape index (κ1) is 32.2. The minimum Gasteiger partial charge on any atom is -0.463 e. The zero-order chi connectivity index (χ0) is 24.2. The van der Waals surface area contributed by atoms with Crippen molar-refractivity contribution < 1.29 is 38.0 Å². The molecule has 8 nitrogen and oxygen atoms in total. The molecule has 33 heavy (non-hydrogen) atoms. The molecule has 0 rings (SSSR count). The van der Waals surface area contributed by atoms with Crippen LogP contribution in [-0.4, -0.2) is 91.4 Å². The molecule has 8 heteroatoms. The molecule has 0 aliphatic heterocycles. The number of hydrogen-bond acceptors (Lipinski definition) is 8. The summed E-state index contributed by atoms with van der Waals surface area (Å²) in [7, 11) is 0. The van der Waals surface area contributed by atoms with Crippen molar-refractivity contribution >= 4 is 5.97 Å². The number of unbranched alkanes of at least 4 members (excludes halogenated alkanes) is 6. The molecule has 0 aliphatic rings. The monoisotopic (exact) mass is 478 g/mol. The molecule has 0 amide bonds. The molecule has 0 radical (unpaired) electrons.